The van der Waals surface area contributed by atoms with E-state index in [1.807, 2.05) is 18.9 Å². The first-order chi connectivity index (χ1) is 14.6. The number of fused-ring (bicyclic) bond motifs is 1. The Morgan fingerprint density at radius 3 is 2.53 bits per heavy atom. The molecule has 0 spiro atoms. The highest BCUT2D eigenvalue weighted by Crippen LogP contribution is 2.41. The summed E-state index contributed by atoms with van der Waals surface area (Å²) < 4.78 is 0. The maximum atomic E-state index is 11.6. The van der Waals surface area contributed by atoms with E-state index in [9.17, 15) is 9.59 Å². The number of anilines is 1. The quantitative estimate of drug-likeness (QED) is 0.690. The van der Waals surface area contributed by atoms with Crippen molar-refractivity contribution in [2.45, 2.75) is 69.4 Å². The highest BCUT2D eigenvalue weighted by Gasteiger charge is 2.46. The normalized spacial score (nSPS) is 21.8. The third-order valence-corrected chi connectivity index (χ3v) is 6.47. The third-order valence-electron chi connectivity index (χ3n) is 6.47. The molecule has 1 aliphatic carbocycles. The van der Waals surface area contributed by atoms with E-state index < -0.39 is 0 Å². The SMILES string of the molecule is C=O.CN(C)C1(CN(C=O)c2cccnc2)CC1.O=C1CCCCC[C@H]2CCCN12. The van der Waals surface area contributed by atoms with Gasteiger partial charge in [0.1, 0.15) is 6.79 Å². The van der Waals surface area contributed by atoms with Crippen LogP contribution in [0, 0.1) is 0 Å². The Balaban J connectivity index is 0.000000204. The summed E-state index contributed by atoms with van der Waals surface area (Å²) >= 11 is 0. The Labute approximate surface area is 180 Å². The first-order valence-electron chi connectivity index (χ1n) is 10.9. The van der Waals surface area contributed by atoms with Crippen LogP contribution in [0.25, 0.3) is 0 Å². The average Bonchev–Trinajstić information content (AvgIpc) is 3.43. The number of hydrogen-bond acceptors (Lipinski definition) is 5. The molecule has 166 valence electrons. The molecule has 30 heavy (non-hydrogen) atoms. The van der Waals surface area contributed by atoms with Crippen molar-refractivity contribution in [1.82, 2.24) is 14.8 Å². The summed E-state index contributed by atoms with van der Waals surface area (Å²) in [5, 5.41) is 0. The number of hydrogen-bond donors (Lipinski definition) is 0. The molecule has 3 fully saturated rings. The maximum absolute atomic E-state index is 11.6. The average molecular weight is 417 g/mol. The van der Waals surface area contributed by atoms with Gasteiger partial charge in [0.15, 0.2) is 0 Å². The Kier molecular flexibility index (Phi) is 9.43. The molecule has 0 bridgehead atoms. The summed E-state index contributed by atoms with van der Waals surface area (Å²) in [5.74, 6) is 0.414. The fourth-order valence-corrected chi connectivity index (χ4v) is 4.36. The minimum atomic E-state index is 0.177. The summed E-state index contributed by atoms with van der Waals surface area (Å²) in [6.45, 7) is 3.78. The molecular formula is C23H36N4O3. The van der Waals surface area contributed by atoms with Crippen molar-refractivity contribution in [1.29, 1.82) is 0 Å². The van der Waals surface area contributed by atoms with Gasteiger partial charge in [0.25, 0.3) is 0 Å². The van der Waals surface area contributed by atoms with Gasteiger partial charge < -0.3 is 19.5 Å². The number of rotatable bonds is 5. The molecule has 7 heteroatoms. The Morgan fingerprint density at radius 2 is 1.93 bits per heavy atom. The second kappa shape index (κ2) is 11.8. The van der Waals surface area contributed by atoms with Crippen LogP contribution in [0.4, 0.5) is 5.69 Å². The Hall–Kier alpha value is -2.28. The largest absolute Gasteiger partial charge is 0.340 e. The molecular weight excluding hydrogens is 380 g/mol. The third kappa shape index (κ3) is 6.36. The number of carbonyl (C=O) groups excluding carboxylic acids is 3. The van der Waals surface area contributed by atoms with Crippen LogP contribution in [-0.4, -0.2) is 72.7 Å². The minimum absolute atomic E-state index is 0.177. The lowest BCUT2D eigenvalue weighted by molar-refractivity contribution is -0.132. The molecule has 1 aromatic rings. The molecule has 0 N–H and O–H groups in total. The summed E-state index contributed by atoms with van der Waals surface area (Å²) in [6.07, 6.45) is 14.9. The lowest BCUT2D eigenvalue weighted by Gasteiger charge is -2.29. The standard InChI is InChI=1S/C12H17N3O.C10H17NO.CH2O/c1-14(2)12(5-6-12)9-15(10-16)11-4-3-7-13-8-11;12-10-7-3-1-2-5-9-6-4-8-11(9)10;1-2/h3-4,7-8,10H,5-6,9H2,1-2H3;9H,1-8H2;1H2/t;9-;/m.0./s1. The van der Waals surface area contributed by atoms with Gasteiger partial charge in [-0.05, 0) is 64.8 Å². The second-order valence-corrected chi connectivity index (χ2v) is 8.55. The highest BCUT2D eigenvalue weighted by molar-refractivity contribution is 5.77. The monoisotopic (exact) mass is 416 g/mol. The van der Waals surface area contributed by atoms with Gasteiger partial charge >= 0.3 is 0 Å². The van der Waals surface area contributed by atoms with Gasteiger partial charge in [0.05, 0.1) is 11.9 Å². The second-order valence-electron chi connectivity index (χ2n) is 8.55. The number of amides is 2. The maximum Gasteiger partial charge on any atom is 0.222 e. The van der Waals surface area contributed by atoms with Crippen molar-refractivity contribution < 1.29 is 14.4 Å². The van der Waals surface area contributed by atoms with E-state index in [4.69, 9.17) is 4.79 Å². The van der Waals surface area contributed by atoms with Crippen LogP contribution in [-0.2, 0) is 14.4 Å². The topological polar surface area (TPSA) is 73.8 Å². The van der Waals surface area contributed by atoms with Crippen LogP contribution in [0.1, 0.15) is 57.8 Å². The van der Waals surface area contributed by atoms with Crippen molar-refractivity contribution in [2.24, 2.45) is 0 Å². The molecule has 3 aliphatic rings. The van der Waals surface area contributed by atoms with E-state index in [0.29, 0.717) is 11.9 Å². The van der Waals surface area contributed by atoms with Gasteiger partial charge in [-0.15, -0.1) is 0 Å². The zero-order valence-corrected chi connectivity index (χ0v) is 18.5. The molecule has 7 nitrogen and oxygen atoms in total. The zero-order chi connectivity index (χ0) is 22.0. The van der Waals surface area contributed by atoms with Crippen LogP contribution >= 0.6 is 0 Å². The first-order valence-corrected chi connectivity index (χ1v) is 10.9. The van der Waals surface area contributed by atoms with Gasteiger partial charge in [-0.3, -0.25) is 14.6 Å². The van der Waals surface area contributed by atoms with E-state index >= 15 is 0 Å². The van der Waals surface area contributed by atoms with Crippen LogP contribution in [0.5, 0.6) is 0 Å². The van der Waals surface area contributed by atoms with E-state index in [2.05, 4.69) is 28.9 Å². The summed E-state index contributed by atoms with van der Waals surface area (Å²) in [7, 11) is 4.14. The van der Waals surface area contributed by atoms with Crippen LogP contribution < -0.4 is 4.90 Å². The van der Waals surface area contributed by atoms with Crippen molar-refractivity contribution >= 4 is 24.8 Å². The molecule has 1 saturated carbocycles. The van der Waals surface area contributed by atoms with Crippen molar-refractivity contribution in [3.05, 3.63) is 24.5 Å². The first kappa shape index (κ1) is 24.0. The molecule has 4 rings (SSSR count). The molecule has 0 radical (unpaired) electrons. The molecule has 0 unspecified atom stereocenters. The van der Waals surface area contributed by atoms with Crippen molar-refractivity contribution in [2.75, 3.05) is 32.1 Å². The van der Waals surface area contributed by atoms with E-state index in [0.717, 1.165) is 50.9 Å². The molecule has 2 amide bonds. The predicted octanol–water partition coefficient (Wildman–Crippen LogP) is 2.90. The molecule has 0 aromatic carbocycles. The van der Waals surface area contributed by atoms with Crippen LogP contribution in [0.15, 0.2) is 24.5 Å². The highest BCUT2D eigenvalue weighted by atomic mass is 16.2. The van der Waals surface area contributed by atoms with Crippen molar-refractivity contribution in [3.63, 3.8) is 0 Å². The van der Waals surface area contributed by atoms with Crippen LogP contribution in [0.2, 0.25) is 0 Å². The van der Waals surface area contributed by atoms with Gasteiger partial charge in [0, 0.05) is 37.3 Å². The number of carbonyl (C=O) groups is 3. The lowest BCUT2D eigenvalue weighted by atomic mass is 10.0. The van der Waals surface area contributed by atoms with E-state index in [1.54, 1.807) is 17.3 Å². The minimum Gasteiger partial charge on any atom is -0.340 e. The van der Waals surface area contributed by atoms with Gasteiger partial charge in [-0.25, -0.2) is 0 Å². The smallest absolute Gasteiger partial charge is 0.222 e. The molecule has 3 heterocycles. The Bertz CT molecular complexity index is 664. The predicted molar refractivity (Wildman–Crippen MR) is 118 cm³/mol. The number of aromatic nitrogens is 1. The number of pyridine rings is 1. The van der Waals surface area contributed by atoms with Gasteiger partial charge in [-0.2, -0.15) is 0 Å². The van der Waals surface area contributed by atoms with E-state index in [1.165, 1.54) is 32.1 Å². The van der Waals surface area contributed by atoms with Gasteiger partial charge in [0.2, 0.25) is 12.3 Å². The fraction of sp³-hybridized carbons (Fsp3) is 0.652. The number of nitrogens with zero attached hydrogens (tertiary/aromatic N) is 4. The molecule has 1 atom stereocenters. The van der Waals surface area contributed by atoms with Gasteiger partial charge in [-0.1, -0.05) is 12.8 Å². The summed E-state index contributed by atoms with van der Waals surface area (Å²) in [4.78, 5) is 40.8. The van der Waals surface area contributed by atoms with Crippen molar-refractivity contribution in [3.8, 4) is 0 Å². The Morgan fingerprint density at radius 1 is 1.20 bits per heavy atom. The van der Waals surface area contributed by atoms with Crippen LogP contribution in [0.3, 0.4) is 0 Å². The molecule has 2 aliphatic heterocycles. The fourth-order valence-electron chi connectivity index (χ4n) is 4.36. The molecule has 2 saturated heterocycles. The van der Waals surface area contributed by atoms with E-state index in [-0.39, 0.29) is 5.54 Å². The summed E-state index contributed by atoms with van der Waals surface area (Å²) in [5.41, 5.74) is 1.04. The zero-order valence-electron chi connectivity index (χ0n) is 18.5. The molecule has 1 aromatic heterocycles. The summed E-state index contributed by atoms with van der Waals surface area (Å²) in [6, 6.07) is 4.37. The number of likely N-dealkylation sites (N-methyl/N-ethyl adjacent to an activating group) is 1. The lowest BCUT2D eigenvalue weighted by Crippen LogP contribution is -2.42.